The third-order valence-electron chi connectivity index (χ3n) is 3.37. The Morgan fingerprint density at radius 3 is 2.67 bits per heavy atom. The van der Waals surface area contributed by atoms with Crippen LogP contribution in [0.15, 0.2) is 45.3 Å². The summed E-state index contributed by atoms with van der Waals surface area (Å²) in [6, 6.07) is 12.1. The van der Waals surface area contributed by atoms with Crippen molar-refractivity contribution in [1.82, 2.24) is 9.55 Å². The van der Waals surface area contributed by atoms with Gasteiger partial charge in [-0.1, -0.05) is 22.9 Å². The Labute approximate surface area is 140 Å². The highest BCUT2D eigenvalue weighted by atomic mass is 79.9. The molecule has 0 saturated carbocycles. The molecule has 0 radical (unpaired) electrons. The molecule has 3 aromatic rings. The van der Waals surface area contributed by atoms with Gasteiger partial charge in [0, 0.05) is 21.1 Å². The molecule has 0 fully saturated rings. The fourth-order valence-electron chi connectivity index (χ4n) is 2.47. The number of aryl methyl sites for hydroxylation is 1. The molecule has 0 bridgehead atoms. The van der Waals surface area contributed by atoms with E-state index < -0.39 is 0 Å². The Morgan fingerprint density at radius 1 is 1.14 bits per heavy atom. The van der Waals surface area contributed by atoms with E-state index >= 15 is 0 Å². The molecule has 0 aliphatic rings. The van der Waals surface area contributed by atoms with E-state index in [0.717, 1.165) is 50.0 Å². The predicted molar refractivity (Wildman–Crippen MR) is 94.9 cm³/mol. The number of benzene rings is 2. The van der Waals surface area contributed by atoms with Crippen molar-refractivity contribution in [1.29, 1.82) is 0 Å². The minimum atomic E-state index is 0.741. The Bertz CT molecular complexity index is 809. The Hall–Kier alpha value is -1.33. The molecule has 3 nitrogen and oxygen atoms in total. The second kappa shape index (κ2) is 5.81. The molecule has 0 unspecified atom stereocenters. The topological polar surface area (TPSA) is 43.8 Å². The summed E-state index contributed by atoms with van der Waals surface area (Å²) in [4.78, 5) is 4.75. The molecule has 1 aromatic heterocycles. The quantitative estimate of drug-likeness (QED) is 0.613. The summed E-state index contributed by atoms with van der Waals surface area (Å²) in [5.74, 6) is 1.06. The third-order valence-corrected chi connectivity index (χ3v) is 4.50. The number of anilines is 1. The first kappa shape index (κ1) is 14.6. The van der Waals surface area contributed by atoms with E-state index in [1.165, 1.54) is 0 Å². The van der Waals surface area contributed by atoms with Crippen LogP contribution in [0.25, 0.3) is 16.7 Å². The molecule has 108 valence electrons. The average Bonchev–Trinajstić information content (AvgIpc) is 2.76. The number of rotatable bonds is 3. The first-order chi connectivity index (χ1) is 10.1. The lowest BCUT2D eigenvalue weighted by Crippen LogP contribution is -2.02. The van der Waals surface area contributed by atoms with Gasteiger partial charge in [0.15, 0.2) is 0 Å². The van der Waals surface area contributed by atoms with Crippen LogP contribution in [-0.4, -0.2) is 9.55 Å². The Morgan fingerprint density at radius 2 is 1.95 bits per heavy atom. The van der Waals surface area contributed by atoms with Crippen molar-refractivity contribution >= 4 is 48.6 Å². The standard InChI is InChI=1S/C16H15Br2N3/c1-2-3-16-20-13-9-11(19)5-7-15(13)21(16)14-6-4-10(17)8-12(14)18/h4-9H,2-3,19H2,1H3. The fraction of sp³-hybridized carbons (Fsp3) is 0.188. The van der Waals surface area contributed by atoms with Gasteiger partial charge < -0.3 is 5.73 Å². The van der Waals surface area contributed by atoms with Gasteiger partial charge in [-0.15, -0.1) is 0 Å². The van der Waals surface area contributed by atoms with E-state index in [0.29, 0.717) is 0 Å². The molecule has 1 heterocycles. The molecule has 3 rings (SSSR count). The van der Waals surface area contributed by atoms with Crippen LogP contribution in [0.2, 0.25) is 0 Å². The number of fused-ring (bicyclic) bond motifs is 1. The highest BCUT2D eigenvalue weighted by molar-refractivity contribution is 9.11. The fourth-order valence-corrected chi connectivity index (χ4v) is 3.69. The zero-order valence-corrected chi connectivity index (χ0v) is 14.8. The summed E-state index contributed by atoms with van der Waals surface area (Å²) in [5, 5.41) is 0. The number of hydrogen-bond donors (Lipinski definition) is 1. The highest BCUT2D eigenvalue weighted by Gasteiger charge is 2.14. The summed E-state index contributed by atoms with van der Waals surface area (Å²) in [5.41, 5.74) is 9.73. The van der Waals surface area contributed by atoms with Crippen LogP contribution in [0.1, 0.15) is 19.2 Å². The van der Waals surface area contributed by atoms with Gasteiger partial charge in [-0.3, -0.25) is 4.57 Å². The monoisotopic (exact) mass is 407 g/mol. The van der Waals surface area contributed by atoms with E-state index in [4.69, 9.17) is 10.7 Å². The molecular weight excluding hydrogens is 394 g/mol. The van der Waals surface area contributed by atoms with Crippen molar-refractivity contribution in [3.05, 3.63) is 51.2 Å². The minimum Gasteiger partial charge on any atom is -0.399 e. The number of hydrogen-bond acceptors (Lipinski definition) is 2. The number of nitrogens with two attached hydrogens (primary N) is 1. The number of nitrogens with zero attached hydrogens (tertiary/aromatic N) is 2. The predicted octanol–water partition coefficient (Wildman–Crippen LogP) is 5.09. The lowest BCUT2D eigenvalue weighted by Gasteiger charge is -2.11. The van der Waals surface area contributed by atoms with Crippen molar-refractivity contribution in [2.45, 2.75) is 19.8 Å². The maximum atomic E-state index is 5.88. The molecule has 0 spiro atoms. The molecule has 21 heavy (non-hydrogen) atoms. The van der Waals surface area contributed by atoms with E-state index in [1.807, 2.05) is 30.3 Å². The minimum absolute atomic E-state index is 0.741. The average molecular weight is 409 g/mol. The largest absolute Gasteiger partial charge is 0.399 e. The molecule has 0 atom stereocenters. The van der Waals surface area contributed by atoms with E-state index in [2.05, 4.69) is 49.4 Å². The first-order valence-electron chi connectivity index (χ1n) is 6.82. The first-order valence-corrected chi connectivity index (χ1v) is 8.41. The number of imidazole rings is 1. The third kappa shape index (κ3) is 2.72. The molecule has 5 heteroatoms. The lowest BCUT2D eigenvalue weighted by molar-refractivity contribution is 0.817. The van der Waals surface area contributed by atoms with Crippen LogP contribution in [-0.2, 0) is 6.42 Å². The maximum absolute atomic E-state index is 5.88. The number of nitrogen functional groups attached to an aromatic ring is 1. The van der Waals surface area contributed by atoms with Gasteiger partial charge in [0.1, 0.15) is 5.82 Å². The molecule has 0 amide bonds. The van der Waals surface area contributed by atoms with E-state index in [9.17, 15) is 0 Å². The maximum Gasteiger partial charge on any atom is 0.114 e. The van der Waals surface area contributed by atoms with E-state index in [1.54, 1.807) is 0 Å². The second-order valence-electron chi connectivity index (χ2n) is 4.96. The summed E-state index contributed by atoms with van der Waals surface area (Å²) in [6.07, 6.45) is 1.98. The number of aromatic nitrogens is 2. The summed E-state index contributed by atoms with van der Waals surface area (Å²) in [7, 11) is 0. The Kier molecular flexibility index (Phi) is 4.04. The van der Waals surface area contributed by atoms with E-state index in [-0.39, 0.29) is 0 Å². The van der Waals surface area contributed by atoms with Crippen LogP contribution < -0.4 is 5.73 Å². The summed E-state index contributed by atoms with van der Waals surface area (Å²) < 4.78 is 4.28. The molecule has 0 aliphatic carbocycles. The van der Waals surface area contributed by atoms with Crippen LogP contribution in [0, 0.1) is 0 Å². The van der Waals surface area contributed by atoms with Crippen molar-refractivity contribution in [3.63, 3.8) is 0 Å². The highest BCUT2D eigenvalue weighted by Crippen LogP contribution is 2.30. The summed E-state index contributed by atoms with van der Waals surface area (Å²) >= 11 is 7.15. The second-order valence-corrected chi connectivity index (χ2v) is 6.73. The van der Waals surface area contributed by atoms with Gasteiger partial charge in [0.2, 0.25) is 0 Å². The number of halogens is 2. The zero-order valence-electron chi connectivity index (χ0n) is 11.6. The SMILES string of the molecule is CCCc1nc2cc(N)ccc2n1-c1ccc(Br)cc1Br. The van der Waals surface area contributed by atoms with Crippen LogP contribution in [0.3, 0.4) is 0 Å². The van der Waals surface area contributed by atoms with Gasteiger partial charge in [-0.25, -0.2) is 4.98 Å². The van der Waals surface area contributed by atoms with Gasteiger partial charge in [0.05, 0.1) is 16.7 Å². The van der Waals surface area contributed by atoms with Gasteiger partial charge in [0.25, 0.3) is 0 Å². The van der Waals surface area contributed by atoms with Crippen molar-refractivity contribution in [3.8, 4) is 5.69 Å². The van der Waals surface area contributed by atoms with Crippen LogP contribution >= 0.6 is 31.9 Å². The normalized spacial score (nSPS) is 11.2. The Balaban J connectivity index is 2.30. The molecule has 0 aliphatic heterocycles. The molecule has 0 saturated heterocycles. The van der Waals surface area contributed by atoms with Gasteiger partial charge in [-0.2, -0.15) is 0 Å². The van der Waals surface area contributed by atoms with Gasteiger partial charge >= 0.3 is 0 Å². The van der Waals surface area contributed by atoms with Crippen molar-refractivity contribution in [2.24, 2.45) is 0 Å². The molecule has 2 aromatic carbocycles. The van der Waals surface area contributed by atoms with Crippen LogP contribution in [0.4, 0.5) is 5.69 Å². The molecule has 2 N–H and O–H groups in total. The smallest absolute Gasteiger partial charge is 0.114 e. The molecular formula is C16H15Br2N3. The van der Waals surface area contributed by atoms with Crippen molar-refractivity contribution < 1.29 is 0 Å². The van der Waals surface area contributed by atoms with Crippen molar-refractivity contribution in [2.75, 3.05) is 5.73 Å². The zero-order chi connectivity index (χ0) is 15.0. The lowest BCUT2D eigenvalue weighted by atomic mass is 10.2. The van der Waals surface area contributed by atoms with Crippen LogP contribution in [0.5, 0.6) is 0 Å². The summed E-state index contributed by atoms with van der Waals surface area (Å²) in [6.45, 7) is 2.16. The van der Waals surface area contributed by atoms with Gasteiger partial charge in [-0.05, 0) is 58.7 Å².